The number of rotatable bonds is 4. The fourth-order valence-electron chi connectivity index (χ4n) is 1.90. The summed E-state index contributed by atoms with van der Waals surface area (Å²) in [6.07, 6.45) is 0. The van der Waals surface area contributed by atoms with Gasteiger partial charge in [-0.1, -0.05) is 11.6 Å². The van der Waals surface area contributed by atoms with Crippen LogP contribution in [0.15, 0.2) is 18.2 Å². The van der Waals surface area contributed by atoms with E-state index in [9.17, 15) is 4.79 Å². The number of benzene rings is 1. The minimum atomic E-state index is -0.0879. The standard InChI is InChI=1S/C15H21N3OS/c1-9-5-6-12-11(7-9)13(16)14(20-12)15(19)17-8-10(2)18(3)4/h5-7,10H,8,16H2,1-4H3,(H,17,19). The zero-order valence-corrected chi connectivity index (χ0v) is 13.2. The van der Waals surface area contributed by atoms with Crippen LogP contribution in [-0.4, -0.2) is 37.5 Å². The zero-order valence-electron chi connectivity index (χ0n) is 12.4. The first kappa shape index (κ1) is 14.8. The Labute approximate surface area is 123 Å². The lowest BCUT2D eigenvalue weighted by Crippen LogP contribution is -2.38. The molecule has 0 aliphatic carbocycles. The molecule has 1 aromatic heterocycles. The number of hydrogen-bond acceptors (Lipinski definition) is 4. The van der Waals surface area contributed by atoms with Crippen molar-refractivity contribution in [2.24, 2.45) is 0 Å². The Morgan fingerprint density at radius 3 is 2.80 bits per heavy atom. The number of nitrogens with one attached hydrogen (secondary N) is 1. The quantitative estimate of drug-likeness (QED) is 0.910. The maximum Gasteiger partial charge on any atom is 0.263 e. The van der Waals surface area contributed by atoms with Crippen LogP contribution < -0.4 is 11.1 Å². The fourth-order valence-corrected chi connectivity index (χ4v) is 2.92. The highest BCUT2D eigenvalue weighted by Crippen LogP contribution is 2.34. The Bertz CT molecular complexity index is 633. The molecule has 1 atom stereocenters. The Morgan fingerprint density at radius 2 is 2.15 bits per heavy atom. The predicted octanol–water partition coefficient (Wildman–Crippen LogP) is 2.47. The van der Waals surface area contributed by atoms with Gasteiger partial charge in [0.05, 0.1) is 5.69 Å². The predicted molar refractivity (Wildman–Crippen MR) is 86.5 cm³/mol. The van der Waals surface area contributed by atoms with Gasteiger partial charge in [-0.15, -0.1) is 11.3 Å². The summed E-state index contributed by atoms with van der Waals surface area (Å²) in [5.41, 5.74) is 7.85. The van der Waals surface area contributed by atoms with E-state index in [4.69, 9.17) is 5.73 Å². The van der Waals surface area contributed by atoms with Gasteiger partial charge in [-0.3, -0.25) is 4.79 Å². The number of carbonyl (C=O) groups is 1. The summed E-state index contributed by atoms with van der Waals surface area (Å²) in [5, 5.41) is 3.92. The van der Waals surface area contributed by atoms with E-state index in [-0.39, 0.29) is 11.9 Å². The lowest BCUT2D eigenvalue weighted by Gasteiger charge is -2.19. The molecule has 2 rings (SSSR count). The SMILES string of the molecule is Cc1ccc2sc(C(=O)NCC(C)N(C)C)c(N)c2c1. The van der Waals surface area contributed by atoms with Crippen LogP contribution in [0.4, 0.5) is 5.69 Å². The third kappa shape index (κ3) is 2.94. The van der Waals surface area contributed by atoms with E-state index in [0.717, 1.165) is 15.6 Å². The van der Waals surface area contributed by atoms with Crippen molar-refractivity contribution in [1.29, 1.82) is 0 Å². The van der Waals surface area contributed by atoms with Gasteiger partial charge in [-0.05, 0) is 40.1 Å². The van der Waals surface area contributed by atoms with Crippen LogP contribution in [0, 0.1) is 6.92 Å². The number of hydrogen-bond donors (Lipinski definition) is 2. The summed E-state index contributed by atoms with van der Waals surface area (Å²) < 4.78 is 1.05. The van der Waals surface area contributed by atoms with Crippen molar-refractivity contribution >= 4 is 33.0 Å². The molecule has 1 amide bonds. The van der Waals surface area contributed by atoms with Crippen LogP contribution in [-0.2, 0) is 0 Å². The van der Waals surface area contributed by atoms with Crippen LogP contribution in [0.5, 0.6) is 0 Å². The van der Waals surface area contributed by atoms with E-state index in [0.29, 0.717) is 17.1 Å². The smallest absolute Gasteiger partial charge is 0.263 e. The molecule has 108 valence electrons. The summed E-state index contributed by atoms with van der Waals surface area (Å²) in [6.45, 7) is 4.70. The van der Waals surface area contributed by atoms with Gasteiger partial charge in [0.15, 0.2) is 0 Å². The summed E-state index contributed by atoms with van der Waals surface area (Å²) in [5.74, 6) is -0.0879. The van der Waals surface area contributed by atoms with Gasteiger partial charge in [0.2, 0.25) is 0 Å². The van der Waals surface area contributed by atoms with E-state index in [2.05, 4.69) is 17.1 Å². The molecule has 1 aromatic carbocycles. The number of nitrogen functional groups attached to an aromatic ring is 1. The van der Waals surface area contributed by atoms with E-state index >= 15 is 0 Å². The molecular formula is C15H21N3OS. The van der Waals surface area contributed by atoms with Crippen LogP contribution in [0.1, 0.15) is 22.2 Å². The Morgan fingerprint density at radius 1 is 1.45 bits per heavy atom. The first-order chi connectivity index (χ1) is 9.40. The topological polar surface area (TPSA) is 58.4 Å². The highest BCUT2D eigenvalue weighted by Gasteiger charge is 2.17. The van der Waals surface area contributed by atoms with E-state index in [1.165, 1.54) is 11.3 Å². The molecule has 0 fully saturated rings. The normalized spacial score (nSPS) is 12.8. The molecule has 5 heteroatoms. The molecule has 0 spiro atoms. The Kier molecular flexibility index (Phi) is 4.30. The summed E-state index contributed by atoms with van der Waals surface area (Å²) in [7, 11) is 3.99. The third-order valence-corrected chi connectivity index (χ3v) is 4.71. The second kappa shape index (κ2) is 5.81. The second-order valence-electron chi connectivity index (χ2n) is 5.37. The number of aryl methyl sites for hydroxylation is 1. The molecule has 0 radical (unpaired) electrons. The van der Waals surface area contributed by atoms with Crippen molar-refractivity contribution < 1.29 is 4.79 Å². The maximum absolute atomic E-state index is 12.2. The van der Waals surface area contributed by atoms with Crippen molar-refractivity contribution in [2.45, 2.75) is 19.9 Å². The molecule has 0 aliphatic rings. The van der Waals surface area contributed by atoms with Crippen molar-refractivity contribution in [2.75, 3.05) is 26.4 Å². The number of fused-ring (bicyclic) bond motifs is 1. The number of thiophene rings is 1. The van der Waals surface area contributed by atoms with Crippen molar-refractivity contribution in [3.8, 4) is 0 Å². The number of amides is 1. The van der Waals surface area contributed by atoms with Gasteiger partial charge in [-0.25, -0.2) is 0 Å². The van der Waals surface area contributed by atoms with Crippen LogP contribution in [0.3, 0.4) is 0 Å². The molecule has 3 N–H and O–H groups in total. The van der Waals surface area contributed by atoms with Gasteiger partial charge in [0.1, 0.15) is 4.88 Å². The van der Waals surface area contributed by atoms with E-state index in [1.54, 1.807) is 0 Å². The second-order valence-corrected chi connectivity index (χ2v) is 6.42. The fraction of sp³-hybridized carbons (Fsp3) is 0.400. The van der Waals surface area contributed by atoms with Crippen molar-refractivity contribution in [1.82, 2.24) is 10.2 Å². The van der Waals surface area contributed by atoms with Gasteiger partial charge in [0.25, 0.3) is 5.91 Å². The first-order valence-corrected chi connectivity index (χ1v) is 7.45. The molecular weight excluding hydrogens is 270 g/mol. The Balaban J connectivity index is 2.20. The molecule has 20 heavy (non-hydrogen) atoms. The molecule has 0 bridgehead atoms. The van der Waals surface area contributed by atoms with E-state index < -0.39 is 0 Å². The molecule has 0 aliphatic heterocycles. The minimum Gasteiger partial charge on any atom is -0.397 e. The molecule has 1 heterocycles. The van der Waals surface area contributed by atoms with Crippen LogP contribution in [0.25, 0.3) is 10.1 Å². The average Bonchev–Trinajstić information content (AvgIpc) is 2.73. The molecule has 0 saturated heterocycles. The maximum atomic E-state index is 12.2. The number of anilines is 1. The number of carbonyl (C=O) groups excluding carboxylic acids is 1. The largest absolute Gasteiger partial charge is 0.397 e. The Hall–Kier alpha value is -1.59. The van der Waals surface area contributed by atoms with Crippen molar-refractivity contribution in [3.05, 3.63) is 28.6 Å². The molecule has 4 nitrogen and oxygen atoms in total. The number of likely N-dealkylation sites (N-methyl/N-ethyl adjacent to an activating group) is 1. The minimum absolute atomic E-state index is 0.0879. The van der Waals surface area contributed by atoms with Gasteiger partial charge in [-0.2, -0.15) is 0 Å². The summed E-state index contributed by atoms with van der Waals surface area (Å²) in [6, 6.07) is 6.37. The monoisotopic (exact) mass is 291 g/mol. The van der Waals surface area contributed by atoms with Gasteiger partial charge in [0, 0.05) is 22.7 Å². The van der Waals surface area contributed by atoms with E-state index in [1.807, 2.05) is 39.2 Å². The number of nitrogens with two attached hydrogens (primary N) is 1. The van der Waals surface area contributed by atoms with Gasteiger partial charge < -0.3 is 16.0 Å². The summed E-state index contributed by atoms with van der Waals surface area (Å²) in [4.78, 5) is 14.9. The highest BCUT2D eigenvalue weighted by molar-refractivity contribution is 7.21. The lowest BCUT2D eigenvalue weighted by molar-refractivity contribution is 0.0948. The van der Waals surface area contributed by atoms with Crippen LogP contribution in [0.2, 0.25) is 0 Å². The highest BCUT2D eigenvalue weighted by atomic mass is 32.1. The zero-order chi connectivity index (χ0) is 14.9. The molecule has 1 unspecified atom stereocenters. The summed E-state index contributed by atoms with van der Waals surface area (Å²) >= 11 is 1.45. The number of nitrogens with zero attached hydrogens (tertiary/aromatic N) is 1. The lowest BCUT2D eigenvalue weighted by atomic mass is 10.1. The average molecular weight is 291 g/mol. The first-order valence-electron chi connectivity index (χ1n) is 6.63. The molecule has 0 saturated carbocycles. The van der Waals surface area contributed by atoms with Crippen molar-refractivity contribution in [3.63, 3.8) is 0 Å². The van der Waals surface area contributed by atoms with Gasteiger partial charge >= 0.3 is 0 Å². The van der Waals surface area contributed by atoms with Crippen LogP contribution >= 0.6 is 11.3 Å². The molecule has 2 aromatic rings. The third-order valence-electron chi connectivity index (χ3n) is 3.53.